The molecule has 0 fully saturated rings. The number of nitrogen functional groups attached to an aromatic ring is 1. The van der Waals surface area contributed by atoms with E-state index in [0.29, 0.717) is 5.82 Å². The van der Waals surface area contributed by atoms with Gasteiger partial charge in [0.15, 0.2) is 5.82 Å². The zero-order valence-corrected chi connectivity index (χ0v) is 11.3. The molecular weight excluding hydrogens is 260 g/mol. The fourth-order valence-electron chi connectivity index (χ4n) is 2.65. The van der Waals surface area contributed by atoms with E-state index in [1.807, 2.05) is 42.7 Å². The molecule has 0 aliphatic rings. The smallest absolute Gasteiger partial charge is 0.152 e. The number of benzene rings is 2. The Balaban J connectivity index is 1.98. The summed E-state index contributed by atoms with van der Waals surface area (Å²) < 4.78 is 2.11. The van der Waals surface area contributed by atoms with Gasteiger partial charge in [-0.2, -0.15) is 0 Å². The van der Waals surface area contributed by atoms with Crippen LogP contribution in [0.4, 0.5) is 5.82 Å². The first-order valence-corrected chi connectivity index (χ1v) is 6.77. The number of imidazole rings is 1. The van der Waals surface area contributed by atoms with Crippen molar-refractivity contribution in [2.45, 2.75) is 6.54 Å². The molecule has 0 atom stereocenters. The molecule has 0 aliphatic carbocycles. The van der Waals surface area contributed by atoms with Gasteiger partial charge in [-0.15, -0.1) is 0 Å². The molecule has 4 heteroatoms. The van der Waals surface area contributed by atoms with E-state index in [4.69, 9.17) is 5.73 Å². The monoisotopic (exact) mass is 273 g/mol. The van der Waals surface area contributed by atoms with Crippen molar-refractivity contribution >= 4 is 27.8 Å². The van der Waals surface area contributed by atoms with Gasteiger partial charge < -0.3 is 10.3 Å². The van der Waals surface area contributed by atoms with E-state index < -0.39 is 0 Å². The summed E-state index contributed by atoms with van der Waals surface area (Å²) in [4.78, 5) is 8.85. The summed E-state index contributed by atoms with van der Waals surface area (Å²) in [6, 6.07) is 19.0. The maximum Gasteiger partial charge on any atom is 0.152 e. The predicted octanol–water partition coefficient (Wildman–Crippen LogP) is 3.02. The van der Waals surface area contributed by atoms with Crippen LogP contribution in [-0.2, 0) is 6.54 Å². The van der Waals surface area contributed by atoms with Crippen molar-refractivity contribution in [1.29, 1.82) is 0 Å². The van der Waals surface area contributed by atoms with Gasteiger partial charge in [-0.1, -0.05) is 36.4 Å². The van der Waals surface area contributed by atoms with Crippen LogP contribution in [0.1, 0.15) is 5.56 Å². The van der Waals surface area contributed by atoms with Crippen LogP contribution in [0.15, 0.2) is 54.9 Å². The van der Waals surface area contributed by atoms with E-state index in [-0.39, 0.29) is 0 Å². The second-order valence-corrected chi connectivity index (χ2v) is 5.00. The number of fused-ring (bicyclic) bond motifs is 3. The molecule has 4 nitrogen and oxygen atoms in total. The summed E-state index contributed by atoms with van der Waals surface area (Å²) in [6.45, 7) is 0.737. The van der Waals surface area contributed by atoms with Crippen molar-refractivity contribution in [3.8, 4) is 0 Å². The Labute approximate surface area is 121 Å². The summed E-state index contributed by atoms with van der Waals surface area (Å²) in [7, 11) is 0. The quantitative estimate of drug-likeness (QED) is 0.610. The van der Waals surface area contributed by atoms with E-state index in [1.54, 1.807) is 0 Å². The van der Waals surface area contributed by atoms with Crippen LogP contribution in [-0.4, -0.2) is 14.5 Å². The van der Waals surface area contributed by atoms with Gasteiger partial charge in [0.25, 0.3) is 0 Å². The summed E-state index contributed by atoms with van der Waals surface area (Å²) in [5.74, 6) is 0.474. The molecule has 0 saturated heterocycles. The van der Waals surface area contributed by atoms with Gasteiger partial charge in [0.2, 0.25) is 0 Å². The number of rotatable bonds is 2. The number of nitrogens with zero attached hydrogens (tertiary/aromatic N) is 3. The lowest BCUT2D eigenvalue weighted by atomic mass is 10.1. The molecule has 101 valence electrons. The standard InChI is InChI=1S/C17H13N4/c18-17-15-16(13-8-4-5-9-14(13)20-17)21(11-19-15)10-12-6-2-1-3-7-12/h1-2,4-9,11H,10H2,(H2,18,20). The van der Waals surface area contributed by atoms with E-state index >= 15 is 0 Å². The Bertz CT molecular complexity index is 925. The lowest BCUT2D eigenvalue weighted by molar-refractivity contribution is 0.826. The van der Waals surface area contributed by atoms with Crippen molar-refractivity contribution < 1.29 is 0 Å². The molecule has 2 aromatic carbocycles. The van der Waals surface area contributed by atoms with Crippen molar-refractivity contribution in [3.05, 3.63) is 66.5 Å². The highest BCUT2D eigenvalue weighted by atomic mass is 15.1. The van der Waals surface area contributed by atoms with Gasteiger partial charge in [-0.3, -0.25) is 0 Å². The molecule has 0 spiro atoms. The maximum absolute atomic E-state index is 6.04. The van der Waals surface area contributed by atoms with Crippen LogP contribution in [0.5, 0.6) is 0 Å². The van der Waals surface area contributed by atoms with E-state index in [1.165, 1.54) is 5.56 Å². The highest BCUT2D eigenvalue weighted by Gasteiger charge is 2.11. The van der Waals surface area contributed by atoms with E-state index in [0.717, 1.165) is 28.5 Å². The minimum absolute atomic E-state index is 0.474. The van der Waals surface area contributed by atoms with Crippen LogP contribution in [0.25, 0.3) is 21.9 Å². The van der Waals surface area contributed by atoms with Crippen molar-refractivity contribution in [2.75, 3.05) is 5.73 Å². The van der Waals surface area contributed by atoms with Crippen molar-refractivity contribution in [2.24, 2.45) is 0 Å². The fourth-order valence-corrected chi connectivity index (χ4v) is 2.65. The van der Waals surface area contributed by atoms with Gasteiger partial charge in [0.1, 0.15) is 5.52 Å². The number of para-hydroxylation sites is 1. The molecule has 21 heavy (non-hydrogen) atoms. The number of hydrogen-bond donors (Lipinski definition) is 1. The molecule has 0 bridgehead atoms. The molecule has 1 radical (unpaired) electrons. The van der Waals surface area contributed by atoms with Crippen molar-refractivity contribution in [1.82, 2.24) is 14.5 Å². The van der Waals surface area contributed by atoms with Gasteiger partial charge >= 0.3 is 0 Å². The summed E-state index contributed by atoms with van der Waals surface area (Å²) in [5.41, 5.74) is 9.89. The second-order valence-electron chi connectivity index (χ2n) is 5.00. The Morgan fingerprint density at radius 1 is 1.14 bits per heavy atom. The zero-order valence-electron chi connectivity index (χ0n) is 11.3. The second kappa shape index (κ2) is 4.59. The summed E-state index contributed by atoms with van der Waals surface area (Å²) >= 11 is 0. The average molecular weight is 273 g/mol. The first-order valence-electron chi connectivity index (χ1n) is 6.77. The van der Waals surface area contributed by atoms with Crippen LogP contribution < -0.4 is 5.73 Å². The third kappa shape index (κ3) is 1.92. The minimum Gasteiger partial charge on any atom is -0.382 e. The molecule has 2 aromatic heterocycles. The van der Waals surface area contributed by atoms with Gasteiger partial charge in [0, 0.05) is 11.9 Å². The zero-order chi connectivity index (χ0) is 14.2. The first-order chi connectivity index (χ1) is 10.3. The molecule has 4 rings (SSSR count). The number of hydrogen-bond acceptors (Lipinski definition) is 3. The van der Waals surface area contributed by atoms with Gasteiger partial charge in [-0.05, 0) is 23.8 Å². The van der Waals surface area contributed by atoms with E-state index in [2.05, 4.69) is 32.7 Å². The lowest BCUT2D eigenvalue weighted by Crippen LogP contribution is -2.00. The number of nitrogens with two attached hydrogens (primary N) is 1. The largest absolute Gasteiger partial charge is 0.382 e. The molecule has 2 N–H and O–H groups in total. The average Bonchev–Trinajstić information content (AvgIpc) is 2.93. The van der Waals surface area contributed by atoms with Crippen molar-refractivity contribution in [3.63, 3.8) is 0 Å². The normalized spacial score (nSPS) is 11.2. The van der Waals surface area contributed by atoms with Gasteiger partial charge in [-0.25, -0.2) is 9.97 Å². The van der Waals surface area contributed by atoms with Crippen LogP contribution in [0, 0.1) is 6.07 Å². The van der Waals surface area contributed by atoms with Crippen LogP contribution in [0.3, 0.4) is 0 Å². The molecule has 0 aliphatic heterocycles. The highest BCUT2D eigenvalue weighted by molar-refractivity contribution is 6.06. The Morgan fingerprint density at radius 2 is 2.05 bits per heavy atom. The maximum atomic E-state index is 6.04. The Morgan fingerprint density at radius 3 is 2.90 bits per heavy atom. The predicted molar refractivity (Wildman–Crippen MR) is 83.8 cm³/mol. The number of aromatic nitrogens is 3. The topological polar surface area (TPSA) is 56.7 Å². The molecule has 0 saturated carbocycles. The lowest BCUT2D eigenvalue weighted by Gasteiger charge is -2.07. The third-order valence-corrected chi connectivity index (χ3v) is 3.60. The van der Waals surface area contributed by atoms with E-state index in [9.17, 15) is 0 Å². The SMILES string of the molecule is Nc1nc2ccccc2c2c1ncn2Cc1c[c]ccc1. The molecule has 4 aromatic rings. The first kappa shape index (κ1) is 11.9. The minimum atomic E-state index is 0.474. The summed E-state index contributed by atoms with van der Waals surface area (Å²) in [6.07, 6.45) is 1.82. The fraction of sp³-hybridized carbons (Fsp3) is 0.0588. The molecular formula is C17H13N4. The molecule has 2 heterocycles. The summed E-state index contributed by atoms with van der Waals surface area (Å²) in [5, 5.41) is 1.07. The van der Waals surface area contributed by atoms with Gasteiger partial charge in [0.05, 0.1) is 17.4 Å². The van der Waals surface area contributed by atoms with Crippen LogP contribution >= 0.6 is 0 Å². The highest BCUT2D eigenvalue weighted by Crippen LogP contribution is 2.27. The molecule has 0 amide bonds. The number of anilines is 1. The number of pyridine rings is 1. The van der Waals surface area contributed by atoms with Crippen LogP contribution in [0.2, 0.25) is 0 Å². The Kier molecular flexibility index (Phi) is 2.60. The molecule has 0 unspecified atom stereocenters. The third-order valence-electron chi connectivity index (χ3n) is 3.60. The Hall–Kier alpha value is -2.88.